The van der Waals surface area contributed by atoms with Crippen molar-refractivity contribution in [1.29, 1.82) is 0 Å². The molecule has 0 unspecified atom stereocenters. The summed E-state index contributed by atoms with van der Waals surface area (Å²) in [4.78, 5) is 15.7. The summed E-state index contributed by atoms with van der Waals surface area (Å²) in [7, 11) is 0. The Balaban J connectivity index is 2.74. The number of pyridine rings is 1. The summed E-state index contributed by atoms with van der Waals surface area (Å²) in [6.07, 6.45) is 1.94. The van der Waals surface area contributed by atoms with E-state index in [2.05, 4.69) is 10.3 Å². The second kappa shape index (κ2) is 6.91. The van der Waals surface area contributed by atoms with E-state index in [0.29, 0.717) is 0 Å². The van der Waals surface area contributed by atoms with Gasteiger partial charge >= 0.3 is 6.09 Å². The van der Waals surface area contributed by atoms with Crippen molar-refractivity contribution < 1.29 is 19.0 Å². The van der Waals surface area contributed by atoms with Crippen molar-refractivity contribution in [2.45, 2.75) is 19.6 Å². The van der Waals surface area contributed by atoms with Gasteiger partial charge in [0.1, 0.15) is 0 Å². The average Bonchev–Trinajstić information content (AvgIpc) is 2.43. The highest BCUT2D eigenvalue weighted by Crippen LogP contribution is 2.43. The van der Waals surface area contributed by atoms with Crippen molar-refractivity contribution in [3.63, 3.8) is 0 Å². The van der Waals surface area contributed by atoms with Crippen molar-refractivity contribution >= 4 is 40.9 Å². The van der Waals surface area contributed by atoms with Crippen LogP contribution in [0, 0.1) is 0 Å². The molecule has 0 aliphatic carbocycles. The number of alkyl carbamates (subject to hydrolysis) is 1. The summed E-state index contributed by atoms with van der Waals surface area (Å²) in [5.74, 6) is 0.0631. The number of hydrogen-bond donors (Lipinski definition) is 1. The average molecular weight is 368 g/mol. The van der Waals surface area contributed by atoms with Gasteiger partial charge in [-0.2, -0.15) is 0 Å². The summed E-state index contributed by atoms with van der Waals surface area (Å²) >= 11 is 18.4. The van der Waals surface area contributed by atoms with E-state index < -0.39 is 11.8 Å². The fourth-order valence-electron chi connectivity index (χ4n) is 2.11. The first-order valence-electron chi connectivity index (χ1n) is 6.42. The summed E-state index contributed by atoms with van der Waals surface area (Å²) in [5, 5.41) is 2.67. The quantitative estimate of drug-likeness (QED) is 0.858. The highest BCUT2D eigenvalue weighted by atomic mass is 35.5. The van der Waals surface area contributed by atoms with E-state index in [-0.39, 0.29) is 39.8 Å². The van der Waals surface area contributed by atoms with Crippen LogP contribution in [-0.4, -0.2) is 24.3 Å². The molecule has 1 aliphatic heterocycles. The van der Waals surface area contributed by atoms with Crippen molar-refractivity contribution in [2.24, 2.45) is 0 Å². The van der Waals surface area contributed by atoms with Gasteiger partial charge in [0.15, 0.2) is 0 Å². The first kappa shape index (κ1) is 17.1. The summed E-state index contributed by atoms with van der Waals surface area (Å²) in [6.45, 7) is 3.97. The smallest absolute Gasteiger partial charge is 0.416 e. The molecule has 0 bridgehead atoms. The first-order valence-corrected chi connectivity index (χ1v) is 7.56. The van der Waals surface area contributed by atoms with Gasteiger partial charge in [0.05, 0.1) is 22.2 Å². The minimum Gasteiger partial charge on any atom is -0.489 e. The number of ether oxygens (including phenoxy) is 3. The number of rotatable bonds is 5. The molecule has 1 N–H and O–H groups in total. The number of halogens is 3. The van der Waals surface area contributed by atoms with Gasteiger partial charge in [0.25, 0.3) is 0 Å². The Kier molecular flexibility index (Phi) is 5.39. The maximum atomic E-state index is 11.8. The number of carbonyl (C=O) groups excluding carboxylic acids is 1. The molecular weight excluding hydrogens is 355 g/mol. The van der Waals surface area contributed by atoms with Crippen LogP contribution in [0.3, 0.4) is 0 Å². The predicted molar refractivity (Wildman–Crippen MR) is 81.7 cm³/mol. The van der Waals surface area contributed by atoms with Crippen LogP contribution in [0.25, 0.3) is 0 Å². The number of aromatic nitrogens is 1. The third-order valence-corrected chi connectivity index (χ3v) is 3.64. The SMILES string of the molecule is CCOC1=C(Cl)OC(=O)N[C@@]1(OCC)c1c(Cl)cncc1Cl. The van der Waals surface area contributed by atoms with Crippen molar-refractivity contribution in [3.8, 4) is 0 Å². The van der Waals surface area contributed by atoms with E-state index in [0.717, 1.165) is 0 Å². The van der Waals surface area contributed by atoms with Gasteiger partial charge in [-0.3, -0.25) is 10.3 Å². The Labute approximate surface area is 142 Å². The Morgan fingerprint density at radius 1 is 1.23 bits per heavy atom. The zero-order chi connectivity index (χ0) is 16.3. The summed E-state index contributed by atoms with van der Waals surface area (Å²) in [6, 6.07) is 0. The minimum atomic E-state index is -1.59. The fraction of sp³-hybridized carbons (Fsp3) is 0.385. The van der Waals surface area contributed by atoms with Gasteiger partial charge in [-0.15, -0.1) is 0 Å². The van der Waals surface area contributed by atoms with Crippen LogP contribution in [0.1, 0.15) is 19.4 Å². The molecule has 0 saturated heterocycles. The molecule has 6 nitrogen and oxygen atoms in total. The largest absolute Gasteiger partial charge is 0.489 e. The van der Waals surface area contributed by atoms with Gasteiger partial charge in [0, 0.05) is 19.0 Å². The summed E-state index contributed by atoms with van der Waals surface area (Å²) < 4.78 is 16.1. The Morgan fingerprint density at radius 2 is 1.86 bits per heavy atom. The maximum Gasteiger partial charge on any atom is 0.416 e. The predicted octanol–water partition coefficient (Wildman–Crippen LogP) is 3.76. The number of nitrogens with one attached hydrogen (secondary N) is 1. The highest BCUT2D eigenvalue weighted by Gasteiger charge is 2.50. The molecule has 1 atom stereocenters. The van der Waals surface area contributed by atoms with Crippen LogP contribution in [0.2, 0.25) is 10.0 Å². The van der Waals surface area contributed by atoms with E-state index in [1.807, 2.05) is 0 Å². The number of carbonyl (C=O) groups is 1. The van der Waals surface area contributed by atoms with E-state index in [1.165, 1.54) is 12.4 Å². The molecule has 1 amide bonds. The lowest BCUT2D eigenvalue weighted by molar-refractivity contribution is -0.0866. The molecule has 120 valence electrons. The number of nitrogens with zero attached hydrogens (tertiary/aromatic N) is 1. The molecular formula is C13H13Cl3N2O4. The molecule has 1 aromatic heterocycles. The van der Waals surface area contributed by atoms with Crippen LogP contribution in [-0.2, 0) is 19.9 Å². The maximum absolute atomic E-state index is 11.8. The number of amides is 1. The molecule has 9 heteroatoms. The topological polar surface area (TPSA) is 69.7 Å². The van der Waals surface area contributed by atoms with E-state index in [9.17, 15) is 4.79 Å². The molecule has 1 aromatic rings. The molecule has 0 saturated carbocycles. The number of cyclic esters (lactones) is 1. The molecule has 22 heavy (non-hydrogen) atoms. The van der Waals surface area contributed by atoms with Gasteiger partial charge in [-0.1, -0.05) is 23.2 Å². The van der Waals surface area contributed by atoms with Crippen molar-refractivity contribution in [2.75, 3.05) is 13.2 Å². The summed E-state index contributed by atoms with van der Waals surface area (Å²) in [5.41, 5.74) is -1.32. The van der Waals surface area contributed by atoms with Crippen LogP contribution in [0.15, 0.2) is 23.4 Å². The lowest BCUT2D eigenvalue weighted by Gasteiger charge is -2.38. The lowest BCUT2D eigenvalue weighted by Crippen LogP contribution is -2.53. The molecule has 0 aromatic carbocycles. The van der Waals surface area contributed by atoms with Crippen LogP contribution in [0.5, 0.6) is 0 Å². The number of hydrogen-bond acceptors (Lipinski definition) is 5. The molecule has 1 aliphatic rings. The van der Waals surface area contributed by atoms with Crippen LogP contribution >= 0.6 is 34.8 Å². The Bertz CT molecular complexity index is 603. The van der Waals surface area contributed by atoms with E-state index in [4.69, 9.17) is 49.0 Å². The standard InChI is InChI=1S/C13H13Cl3N2O4/c1-3-20-10-11(16)22-12(19)18-13(10,21-4-2)9-7(14)5-17-6-8(9)15/h5-6H,3-4H2,1-2H3,(H,18,19)/t13-/m1/s1. The van der Waals surface area contributed by atoms with Gasteiger partial charge in [0.2, 0.25) is 16.7 Å². The first-order chi connectivity index (χ1) is 10.5. The second-order valence-electron chi connectivity index (χ2n) is 4.14. The second-order valence-corrected chi connectivity index (χ2v) is 5.30. The van der Waals surface area contributed by atoms with Crippen molar-refractivity contribution in [3.05, 3.63) is 39.0 Å². The van der Waals surface area contributed by atoms with Crippen molar-refractivity contribution in [1.82, 2.24) is 10.3 Å². The Hall–Kier alpha value is -1.21. The Morgan fingerprint density at radius 3 is 2.41 bits per heavy atom. The minimum absolute atomic E-state index is 0.0631. The molecule has 0 spiro atoms. The van der Waals surface area contributed by atoms with E-state index in [1.54, 1.807) is 13.8 Å². The highest BCUT2D eigenvalue weighted by molar-refractivity contribution is 6.36. The molecule has 2 rings (SSSR count). The van der Waals surface area contributed by atoms with Crippen LogP contribution in [0.4, 0.5) is 4.79 Å². The van der Waals surface area contributed by atoms with E-state index >= 15 is 0 Å². The molecule has 0 radical (unpaired) electrons. The molecule has 0 fully saturated rings. The normalized spacial score (nSPS) is 21.4. The molecule has 2 heterocycles. The van der Waals surface area contributed by atoms with Gasteiger partial charge in [-0.25, -0.2) is 4.79 Å². The monoisotopic (exact) mass is 366 g/mol. The zero-order valence-corrected chi connectivity index (χ0v) is 14.1. The lowest BCUT2D eigenvalue weighted by atomic mass is 10.0. The zero-order valence-electron chi connectivity index (χ0n) is 11.8. The van der Waals surface area contributed by atoms with Crippen LogP contribution < -0.4 is 5.32 Å². The van der Waals surface area contributed by atoms with Gasteiger partial charge < -0.3 is 14.2 Å². The third kappa shape index (κ3) is 2.96. The fourth-order valence-corrected chi connectivity index (χ4v) is 3.00. The third-order valence-electron chi connectivity index (χ3n) is 2.81. The van der Waals surface area contributed by atoms with Gasteiger partial charge in [-0.05, 0) is 25.4 Å².